The lowest BCUT2D eigenvalue weighted by molar-refractivity contribution is 0.242. The maximum atomic E-state index is 11.5. The smallest absolute Gasteiger partial charge is 0.327 e. The number of carbonyl (C=O) groups is 1. The highest BCUT2D eigenvalue weighted by atomic mass is 35.5. The summed E-state index contributed by atoms with van der Waals surface area (Å²) in [5, 5.41) is 2.75. The molecular weight excluding hydrogens is 234 g/mol. The Morgan fingerprint density at radius 3 is 3.07 bits per heavy atom. The molecule has 0 unspecified atom stereocenters. The van der Waals surface area contributed by atoms with E-state index in [1.54, 1.807) is 12.4 Å². The zero-order valence-electron chi connectivity index (χ0n) is 7.68. The molecule has 2 aromatic rings. The molecule has 2 rings (SSSR count). The molecule has 4 nitrogen and oxygen atoms in total. The van der Waals surface area contributed by atoms with E-state index in [1.807, 2.05) is 12.1 Å². The van der Waals surface area contributed by atoms with Gasteiger partial charge in [0.05, 0.1) is 10.9 Å². The number of hydrogen-bond acceptors (Lipinski definition) is 3. The molecule has 1 amide bonds. The number of rotatable bonds is 2. The molecule has 0 fully saturated rings. The van der Waals surface area contributed by atoms with E-state index in [-0.39, 0.29) is 6.03 Å². The molecule has 2 aromatic heterocycles. The van der Waals surface area contributed by atoms with Crippen LogP contribution in [0.1, 0.15) is 4.88 Å². The highest BCUT2D eigenvalue weighted by Gasteiger charge is 2.03. The van der Waals surface area contributed by atoms with E-state index in [1.165, 1.54) is 22.2 Å². The highest BCUT2D eigenvalue weighted by molar-refractivity contribution is 7.16. The monoisotopic (exact) mass is 241 g/mol. The van der Waals surface area contributed by atoms with Crippen molar-refractivity contribution in [3.63, 3.8) is 0 Å². The molecular formula is C9H8ClN3OS. The molecule has 0 aliphatic rings. The number of hydrogen-bond donors (Lipinski definition) is 1. The minimum absolute atomic E-state index is 0.197. The summed E-state index contributed by atoms with van der Waals surface area (Å²) in [5.41, 5.74) is 0. The summed E-state index contributed by atoms with van der Waals surface area (Å²) in [6.07, 6.45) is 4.61. The van der Waals surface area contributed by atoms with Gasteiger partial charge in [0.2, 0.25) is 0 Å². The second-order valence-corrected chi connectivity index (χ2v) is 4.63. The van der Waals surface area contributed by atoms with Crippen molar-refractivity contribution >= 4 is 29.0 Å². The van der Waals surface area contributed by atoms with Crippen LogP contribution in [-0.2, 0) is 6.54 Å². The van der Waals surface area contributed by atoms with Gasteiger partial charge >= 0.3 is 6.03 Å². The van der Waals surface area contributed by atoms with Crippen LogP contribution in [0.2, 0.25) is 4.34 Å². The van der Waals surface area contributed by atoms with Crippen molar-refractivity contribution in [2.75, 3.05) is 0 Å². The van der Waals surface area contributed by atoms with Crippen LogP contribution >= 0.6 is 22.9 Å². The van der Waals surface area contributed by atoms with Gasteiger partial charge in [-0.3, -0.25) is 4.57 Å². The molecule has 78 valence electrons. The quantitative estimate of drug-likeness (QED) is 0.878. The number of imidazole rings is 1. The van der Waals surface area contributed by atoms with Gasteiger partial charge in [-0.1, -0.05) is 11.6 Å². The summed E-state index contributed by atoms with van der Waals surface area (Å²) in [5.74, 6) is 0. The van der Waals surface area contributed by atoms with E-state index in [4.69, 9.17) is 11.6 Å². The third-order valence-electron chi connectivity index (χ3n) is 1.78. The number of aromatic nitrogens is 2. The minimum atomic E-state index is -0.197. The molecule has 0 aliphatic heterocycles. The van der Waals surface area contributed by atoms with Gasteiger partial charge in [0.15, 0.2) is 0 Å². The number of carbonyl (C=O) groups excluding carboxylic acids is 1. The summed E-state index contributed by atoms with van der Waals surface area (Å²) < 4.78 is 2.11. The lowest BCUT2D eigenvalue weighted by Gasteiger charge is -2.02. The molecule has 6 heteroatoms. The Balaban J connectivity index is 1.91. The van der Waals surface area contributed by atoms with E-state index in [0.717, 1.165) is 9.21 Å². The topological polar surface area (TPSA) is 46.9 Å². The van der Waals surface area contributed by atoms with Crippen LogP contribution in [-0.4, -0.2) is 15.6 Å². The Morgan fingerprint density at radius 2 is 2.47 bits per heavy atom. The summed E-state index contributed by atoms with van der Waals surface area (Å²) in [6.45, 7) is 0.481. The normalized spacial score (nSPS) is 10.2. The minimum Gasteiger partial charge on any atom is -0.332 e. The Labute approximate surface area is 95.5 Å². The second kappa shape index (κ2) is 4.46. The summed E-state index contributed by atoms with van der Waals surface area (Å²) >= 11 is 7.22. The number of nitrogens with one attached hydrogen (secondary N) is 1. The van der Waals surface area contributed by atoms with Crippen LogP contribution in [0.25, 0.3) is 0 Å². The molecule has 0 radical (unpaired) electrons. The van der Waals surface area contributed by atoms with Gasteiger partial charge in [-0.05, 0) is 12.1 Å². The van der Waals surface area contributed by atoms with Crippen molar-refractivity contribution in [3.8, 4) is 0 Å². The number of halogens is 1. The van der Waals surface area contributed by atoms with Crippen LogP contribution in [0.5, 0.6) is 0 Å². The average Bonchev–Trinajstić information content (AvgIpc) is 2.84. The average molecular weight is 242 g/mol. The first-order valence-corrected chi connectivity index (χ1v) is 5.45. The van der Waals surface area contributed by atoms with Crippen molar-refractivity contribution in [2.24, 2.45) is 0 Å². The number of thiophene rings is 1. The van der Waals surface area contributed by atoms with Gasteiger partial charge in [0, 0.05) is 17.3 Å². The highest BCUT2D eigenvalue weighted by Crippen LogP contribution is 2.20. The van der Waals surface area contributed by atoms with Gasteiger partial charge in [0.25, 0.3) is 0 Å². The van der Waals surface area contributed by atoms with Crippen LogP contribution < -0.4 is 5.32 Å². The fraction of sp³-hybridized carbons (Fsp3) is 0.111. The number of amides is 1. The molecule has 0 atom stereocenters. The zero-order valence-corrected chi connectivity index (χ0v) is 9.26. The van der Waals surface area contributed by atoms with Gasteiger partial charge < -0.3 is 5.32 Å². The molecule has 0 aromatic carbocycles. The van der Waals surface area contributed by atoms with Crippen molar-refractivity contribution in [1.29, 1.82) is 0 Å². The van der Waals surface area contributed by atoms with Gasteiger partial charge in [-0.15, -0.1) is 11.3 Å². The summed E-state index contributed by atoms with van der Waals surface area (Å²) in [4.78, 5) is 16.3. The van der Waals surface area contributed by atoms with Crippen LogP contribution in [0.4, 0.5) is 4.79 Å². The maximum Gasteiger partial charge on any atom is 0.327 e. The molecule has 15 heavy (non-hydrogen) atoms. The first kappa shape index (κ1) is 10.2. The molecule has 1 N–H and O–H groups in total. The Kier molecular flexibility index (Phi) is 3.03. The third kappa shape index (κ3) is 2.57. The fourth-order valence-electron chi connectivity index (χ4n) is 1.08. The first-order chi connectivity index (χ1) is 7.25. The van der Waals surface area contributed by atoms with Gasteiger partial charge in [-0.25, -0.2) is 9.78 Å². The predicted octanol–water partition coefficient (Wildman–Crippen LogP) is 2.36. The van der Waals surface area contributed by atoms with E-state index in [2.05, 4.69) is 10.3 Å². The summed E-state index contributed by atoms with van der Waals surface area (Å²) in [7, 11) is 0. The Morgan fingerprint density at radius 1 is 1.60 bits per heavy atom. The van der Waals surface area contributed by atoms with Crippen LogP contribution in [0, 0.1) is 0 Å². The van der Waals surface area contributed by atoms with E-state index < -0.39 is 0 Å². The Hall–Kier alpha value is -1.33. The lowest BCUT2D eigenvalue weighted by atomic mass is 10.5. The third-order valence-corrected chi connectivity index (χ3v) is 3.01. The molecule has 0 spiro atoms. The van der Waals surface area contributed by atoms with Gasteiger partial charge in [-0.2, -0.15) is 0 Å². The first-order valence-electron chi connectivity index (χ1n) is 4.26. The van der Waals surface area contributed by atoms with E-state index in [9.17, 15) is 4.79 Å². The molecule has 2 heterocycles. The molecule has 0 saturated heterocycles. The SMILES string of the molecule is O=C(NCc1ccc(Cl)s1)n1ccnc1. The fourth-order valence-corrected chi connectivity index (χ4v) is 2.11. The Bertz CT molecular complexity index is 452. The number of nitrogens with zero attached hydrogens (tertiary/aromatic N) is 2. The zero-order chi connectivity index (χ0) is 10.7. The van der Waals surface area contributed by atoms with E-state index >= 15 is 0 Å². The largest absolute Gasteiger partial charge is 0.332 e. The van der Waals surface area contributed by atoms with Crippen molar-refractivity contribution < 1.29 is 4.79 Å². The standard InChI is InChI=1S/C9H8ClN3OS/c10-8-2-1-7(15-8)5-12-9(14)13-4-3-11-6-13/h1-4,6H,5H2,(H,12,14). The second-order valence-electron chi connectivity index (χ2n) is 2.83. The van der Waals surface area contributed by atoms with Crippen LogP contribution in [0.3, 0.4) is 0 Å². The van der Waals surface area contributed by atoms with Crippen molar-refractivity contribution in [2.45, 2.75) is 6.54 Å². The maximum absolute atomic E-state index is 11.5. The van der Waals surface area contributed by atoms with Crippen LogP contribution in [0.15, 0.2) is 30.9 Å². The predicted molar refractivity (Wildman–Crippen MR) is 59.2 cm³/mol. The molecule has 0 bridgehead atoms. The molecule has 0 saturated carbocycles. The lowest BCUT2D eigenvalue weighted by Crippen LogP contribution is -2.26. The van der Waals surface area contributed by atoms with Crippen molar-refractivity contribution in [3.05, 3.63) is 40.1 Å². The molecule has 0 aliphatic carbocycles. The van der Waals surface area contributed by atoms with Crippen molar-refractivity contribution in [1.82, 2.24) is 14.9 Å². The van der Waals surface area contributed by atoms with Gasteiger partial charge in [0.1, 0.15) is 6.33 Å². The summed E-state index contributed by atoms with van der Waals surface area (Å²) in [6, 6.07) is 3.50. The van der Waals surface area contributed by atoms with E-state index in [0.29, 0.717) is 6.54 Å².